The van der Waals surface area contributed by atoms with Crippen molar-refractivity contribution in [2.24, 2.45) is 5.92 Å². The fraction of sp³-hybridized carbons (Fsp3) is 0.889. The van der Waals surface area contributed by atoms with Crippen LogP contribution in [0.4, 0.5) is 0 Å². The average Bonchev–Trinajstić information content (AvgIpc) is 2.28. The molecule has 0 spiro atoms. The number of esters is 1. The zero-order valence-electron chi connectivity index (χ0n) is 7.87. The second kappa shape index (κ2) is 3.90. The van der Waals surface area contributed by atoms with Crippen molar-refractivity contribution < 1.29 is 14.3 Å². The lowest BCUT2D eigenvalue weighted by Gasteiger charge is -2.15. The molecule has 3 heteroatoms. The van der Waals surface area contributed by atoms with Gasteiger partial charge in [-0.05, 0) is 13.3 Å². The van der Waals surface area contributed by atoms with Gasteiger partial charge in [-0.15, -0.1) is 0 Å². The van der Waals surface area contributed by atoms with E-state index in [9.17, 15) is 4.79 Å². The van der Waals surface area contributed by atoms with Gasteiger partial charge in [-0.3, -0.25) is 4.79 Å². The quantitative estimate of drug-likeness (QED) is 0.603. The van der Waals surface area contributed by atoms with Gasteiger partial charge in [-0.1, -0.05) is 13.3 Å². The van der Waals surface area contributed by atoms with Gasteiger partial charge in [-0.25, -0.2) is 0 Å². The van der Waals surface area contributed by atoms with Crippen LogP contribution in [0.3, 0.4) is 0 Å². The highest BCUT2D eigenvalue weighted by molar-refractivity contribution is 5.75. The molecule has 0 aromatic carbocycles. The molecule has 1 aliphatic rings. The van der Waals surface area contributed by atoms with Crippen LogP contribution >= 0.6 is 0 Å². The SMILES string of the molecule is CCCC1C(=O)OC(C)C1OC. The Hall–Kier alpha value is -0.570. The molecule has 3 nitrogen and oxygen atoms in total. The first-order valence-electron chi connectivity index (χ1n) is 4.44. The highest BCUT2D eigenvalue weighted by Gasteiger charge is 2.41. The Morgan fingerprint density at radius 2 is 2.25 bits per heavy atom. The minimum Gasteiger partial charge on any atom is -0.460 e. The summed E-state index contributed by atoms with van der Waals surface area (Å²) in [5.74, 6) is -0.147. The number of carbonyl (C=O) groups is 1. The van der Waals surface area contributed by atoms with Crippen molar-refractivity contribution in [2.75, 3.05) is 7.11 Å². The molecule has 3 atom stereocenters. The molecule has 3 unspecified atom stereocenters. The van der Waals surface area contributed by atoms with Gasteiger partial charge in [0.25, 0.3) is 0 Å². The highest BCUT2D eigenvalue weighted by Crippen LogP contribution is 2.27. The van der Waals surface area contributed by atoms with E-state index in [1.807, 2.05) is 6.92 Å². The van der Waals surface area contributed by atoms with Crippen molar-refractivity contribution >= 4 is 5.97 Å². The van der Waals surface area contributed by atoms with Crippen molar-refractivity contribution in [3.63, 3.8) is 0 Å². The summed E-state index contributed by atoms with van der Waals surface area (Å²) in [5.41, 5.74) is 0. The van der Waals surface area contributed by atoms with Crippen LogP contribution in [0.25, 0.3) is 0 Å². The van der Waals surface area contributed by atoms with Crippen LogP contribution in [0.15, 0.2) is 0 Å². The summed E-state index contributed by atoms with van der Waals surface area (Å²) < 4.78 is 10.3. The number of hydrogen-bond donors (Lipinski definition) is 0. The molecule has 0 N–H and O–H groups in total. The summed E-state index contributed by atoms with van der Waals surface area (Å²) in [6.45, 7) is 3.94. The lowest BCUT2D eigenvalue weighted by molar-refractivity contribution is -0.143. The molecule has 0 amide bonds. The standard InChI is InChI=1S/C9H16O3/c1-4-5-7-8(11-3)6(2)12-9(7)10/h6-8H,4-5H2,1-3H3. The van der Waals surface area contributed by atoms with Gasteiger partial charge in [0, 0.05) is 7.11 Å². The number of carbonyl (C=O) groups excluding carboxylic acids is 1. The fourth-order valence-corrected chi connectivity index (χ4v) is 1.75. The van der Waals surface area contributed by atoms with E-state index in [0.29, 0.717) is 0 Å². The van der Waals surface area contributed by atoms with Gasteiger partial charge in [0.05, 0.1) is 5.92 Å². The Kier molecular flexibility index (Phi) is 3.09. The third-order valence-corrected chi connectivity index (χ3v) is 2.34. The van der Waals surface area contributed by atoms with E-state index in [1.54, 1.807) is 7.11 Å². The van der Waals surface area contributed by atoms with Crippen LogP contribution in [0, 0.1) is 5.92 Å². The van der Waals surface area contributed by atoms with Crippen LogP contribution in [0.5, 0.6) is 0 Å². The number of ether oxygens (including phenoxy) is 2. The molecule has 0 radical (unpaired) electrons. The van der Waals surface area contributed by atoms with Crippen LogP contribution in [-0.2, 0) is 14.3 Å². The van der Waals surface area contributed by atoms with Crippen LogP contribution in [0.1, 0.15) is 26.7 Å². The number of cyclic esters (lactones) is 1. The Morgan fingerprint density at radius 1 is 1.58 bits per heavy atom. The molecule has 1 rings (SSSR count). The number of rotatable bonds is 3. The van der Waals surface area contributed by atoms with Gasteiger partial charge >= 0.3 is 5.97 Å². The largest absolute Gasteiger partial charge is 0.460 e. The summed E-state index contributed by atoms with van der Waals surface area (Å²) >= 11 is 0. The monoisotopic (exact) mass is 172 g/mol. The molecule has 1 fully saturated rings. The summed E-state index contributed by atoms with van der Waals surface area (Å²) in [6, 6.07) is 0. The first kappa shape index (κ1) is 9.52. The molecular formula is C9H16O3. The summed E-state index contributed by atoms with van der Waals surface area (Å²) in [4.78, 5) is 11.2. The molecule has 1 aliphatic heterocycles. The second-order valence-electron chi connectivity index (χ2n) is 3.24. The summed E-state index contributed by atoms with van der Waals surface area (Å²) in [6.07, 6.45) is 1.73. The molecule has 0 bridgehead atoms. The lowest BCUT2D eigenvalue weighted by atomic mass is 9.97. The van der Waals surface area contributed by atoms with E-state index in [0.717, 1.165) is 12.8 Å². The number of methoxy groups -OCH3 is 1. The lowest BCUT2D eigenvalue weighted by Crippen LogP contribution is -2.27. The van der Waals surface area contributed by atoms with Gasteiger partial charge in [0.15, 0.2) is 0 Å². The van der Waals surface area contributed by atoms with Crippen molar-refractivity contribution in [1.82, 2.24) is 0 Å². The maximum Gasteiger partial charge on any atom is 0.312 e. The Balaban J connectivity index is 2.61. The average molecular weight is 172 g/mol. The van der Waals surface area contributed by atoms with Gasteiger partial charge in [-0.2, -0.15) is 0 Å². The zero-order valence-corrected chi connectivity index (χ0v) is 7.87. The van der Waals surface area contributed by atoms with E-state index in [4.69, 9.17) is 9.47 Å². The Bertz CT molecular complexity index is 167. The van der Waals surface area contributed by atoms with Gasteiger partial charge in [0.2, 0.25) is 0 Å². The topological polar surface area (TPSA) is 35.5 Å². The van der Waals surface area contributed by atoms with E-state index < -0.39 is 0 Å². The third kappa shape index (κ3) is 1.61. The normalized spacial score (nSPS) is 35.2. The fourth-order valence-electron chi connectivity index (χ4n) is 1.75. The van der Waals surface area contributed by atoms with Gasteiger partial charge in [0.1, 0.15) is 12.2 Å². The Labute approximate surface area is 73.0 Å². The van der Waals surface area contributed by atoms with Crippen molar-refractivity contribution in [1.29, 1.82) is 0 Å². The molecule has 0 aromatic rings. The Morgan fingerprint density at radius 3 is 2.75 bits per heavy atom. The molecule has 12 heavy (non-hydrogen) atoms. The van der Waals surface area contributed by atoms with Gasteiger partial charge < -0.3 is 9.47 Å². The van der Waals surface area contributed by atoms with Crippen LogP contribution < -0.4 is 0 Å². The second-order valence-corrected chi connectivity index (χ2v) is 3.24. The third-order valence-electron chi connectivity index (χ3n) is 2.34. The van der Waals surface area contributed by atoms with Crippen molar-refractivity contribution in [3.05, 3.63) is 0 Å². The van der Waals surface area contributed by atoms with E-state index in [-0.39, 0.29) is 24.1 Å². The first-order chi connectivity index (χ1) is 5.70. The molecule has 1 saturated heterocycles. The molecule has 0 aromatic heterocycles. The zero-order chi connectivity index (χ0) is 9.14. The predicted molar refractivity (Wildman–Crippen MR) is 44.7 cm³/mol. The van der Waals surface area contributed by atoms with E-state index >= 15 is 0 Å². The van der Waals surface area contributed by atoms with Crippen molar-refractivity contribution in [3.8, 4) is 0 Å². The maximum atomic E-state index is 11.2. The number of hydrogen-bond acceptors (Lipinski definition) is 3. The van der Waals surface area contributed by atoms with Crippen LogP contribution in [-0.4, -0.2) is 25.3 Å². The smallest absolute Gasteiger partial charge is 0.312 e. The van der Waals surface area contributed by atoms with E-state index in [1.165, 1.54) is 0 Å². The van der Waals surface area contributed by atoms with Crippen LogP contribution in [0.2, 0.25) is 0 Å². The summed E-state index contributed by atoms with van der Waals surface area (Å²) in [7, 11) is 1.63. The first-order valence-corrected chi connectivity index (χ1v) is 4.44. The minimum atomic E-state index is -0.101. The molecule has 70 valence electrons. The van der Waals surface area contributed by atoms with Crippen molar-refractivity contribution in [2.45, 2.75) is 38.9 Å². The minimum absolute atomic E-state index is 0.0440. The maximum absolute atomic E-state index is 11.2. The van der Waals surface area contributed by atoms with E-state index in [2.05, 4.69) is 6.92 Å². The molecule has 0 saturated carbocycles. The molecule has 1 heterocycles. The predicted octanol–water partition coefficient (Wildman–Crippen LogP) is 1.36. The molecule has 0 aliphatic carbocycles. The summed E-state index contributed by atoms with van der Waals surface area (Å²) in [5, 5.41) is 0. The molecular weight excluding hydrogens is 156 g/mol. The highest BCUT2D eigenvalue weighted by atomic mass is 16.6.